The molecule has 0 saturated carbocycles. The maximum Gasteiger partial charge on any atom is 0.139 e. The van der Waals surface area contributed by atoms with Crippen molar-refractivity contribution >= 4 is 5.84 Å². The lowest BCUT2D eigenvalue weighted by molar-refractivity contribution is 0.181. The van der Waals surface area contributed by atoms with Gasteiger partial charge in [0.15, 0.2) is 0 Å². The van der Waals surface area contributed by atoms with Crippen molar-refractivity contribution in [3.63, 3.8) is 0 Å². The van der Waals surface area contributed by atoms with Gasteiger partial charge in [-0.15, -0.1) is 0 Å². The van der Waals surface area contributed by atoms with Gasteiger partial charge in [0.2, 0.25) is 0 Å². The van der Waals surface area contributed by atoms with Gasteiger partial charge in [0, 0.05) is 13.0 Å². The molecule has 15 heavy (non-hydrogen) atoms. The lowest BCUT2D eigenvalue weighted by atomic mass is 10.00. The lowest BCUT2D eigenvalue weighted by Crippen LogP contribution is -2.35. The molecule has 0 aliphatic carbocycles. The van der Waals surface area contributed by atoms with Gasteiger partial charge < -0.3 is 15.8 Å². The molecule has 0 aromatic heterocycles. The van der Waals surface area contributed by atoms with Gasteiger partial charge in [-0.2, -0.15) is 0 Å². The molecule has 4 heteroatoms. The topological polar surface area (TPSA) is 61.8 Å². The zero-order valence-corrected chi connectivity index (χ0v) is 9.65. The fraction of sp³-hybridized carbons (Fsp3) is 0.909. The maximum atomic E-state index is 8.37. The van der Waals surface area contributed by atoms with E-state index >= 15 is 0 Å². The Morgan fingerprint density at radius 2 is 2.33 bits per heavy atom. The molecule has 1 heterocycles. The Labute approximate surface area is 92.1 Å². The first kappa shape index (κ1) is 12.3. The largest absolute Gasteiger partial charge is 0.409 e. The molecule has 3 N–H and O–H groups in total. The van der Waals surface area contributed by atoms with E-state index in [1.165, 1.54) is 25.9 Å². The third-order valence-corrected chi connectivity index (χ3v) is 3.03. The molecule has 1 aliphatic heterocycles. The van der Waals surface area contributed by atoms with Crippen molar-refractivity contribution in [3.05, 3.63) is 0 Å². The minimum absolute atomic E-state index is 0.349. The van der Waals surface area contributed by atoms with E-state index < -0.39 is 0 Å². The summed E-state index contributed by atoms with van der Waals surface area (Å²) >= 11 is 0. The van der Waals surface area contributed by atoms with Gasteiger partial charge in [-0.05, 0) is 44.7 Å². The van der Waals surface area contributed by atoms with Crippen LogP contribution in [0, 0.1) is 5.92 Å². The first-order chi connectivity index (χ1) is 7.22. The van der Waals surface area contributed by atoms with Crippen LogP contribution in [0.1, 0.15) is 39.0 Å². The van der Waals surface area contributed by atoms with E-state index in [0.717, 1.165) is 25.3 Å². The molecule has 1 atom stereocenters. The maximum absolute atomic E-state index is 8.37. The van der Waals surface area contributed by atoms with Gasteiger partial charge in [0.1, 0.15) is 5.84 Å². The molecule has 1 aliphatic rings. The normalized spacial score (nSPS) is 24.3. The van der Waals surface area contributed by atoms with E-state index in [1.54, 1.807) is 0 Å². The predicted molar refractivity (Wildman–Crippen MR) is 62.1 cm³/mol. The van der Waals surface area contributed by atoms with E-state index in [1.807, 2.05) is 0 Å². The Morgan fingerprint density at radius 1 is 1.53 bits per heavy atom. The molecule has 1 fully saturated rings. The number of oxime groups is 1. The Kier molecular flexibility index (Phi) is 5.47. The zero-order chi connectivity index (χ0) is 11.1. The van der Waals surface area contributed by atoms with Crippen LogP contribution in [0.5, 0.6) is 0 Å². The van der Waals surface area contributed by atoms with Gasteiger partial charge in [0.25, 0.3) is 0 Å². The van der Waals surface area contributed by atoms with Crippen LogP contribution < -0.4 is 5.73 Å². The number of hydrogen-bond donors (Lipinski definition) is 2. The van der Waals surface area contributed by atoms with Crippen molar-refractivity contribution in [1.29, 1.82) is 0 Å². The van der Waals surface area contributed by atoms with E-state index in [9.17, 15) is 0 Å². The Hall–Kier alpha value is -0.770. The second-order valence-corrected chi connectivity index (χ2v) is 4.60. The van der Waals surface area contributed by atoms with Crippen molar-refractivity contribution < 1.29 is 5.21 Å². The van der Waals surface area contributed by atoms with Gasteiger partial charge in [-0.3, -0.25) is 0 Å². The first-order valence-electron chi connectivity index (χ1n) is 5.91. The summed E-state index contributed by atoms with van der Waals surface area (Å²) in [5, 5.41) is 11.3. The number of unbranched alkanes of at least 4 members (excludes halogenated alkanes) is 1. The van der Waals surface area contributed by atoms with Crippen molar-refractivity contribution in [2.24, 2.45) is 16.8 Å². The highest BCUT2D eigenvalue weighted by atomic mass is 16.4. The minimum Gasteiger partial charge on any atom is -0.409 e. The van der Waals surface area contributed by atoms with E-state index in [-0.39, 0.29) is 0 Å². The highest BCUT2D eigenvalue weighted by Crippen LogP contribution is 2.15. The predicted octanol–water partition coefficient (Wildman–Crippen LogP) is 1.63. The van der Waals surface area contributed by atoms with Crippen LogP contribution in [0.25, 0.3) is 0 Å². The van der Waals surface area contributed by atoms with E-state index in [0.29, 0.717) is 12.3 Å². The van der Waals surface area contributed by atoms with Crippen LogP contribution in [0.15, 0.2) is 5.16 Å². The third kappa shape index (κ3) is 5.02. The van der Waals surface area contributed by atoms with Crippen molar-refractivity contribution in [1.82, 2.24) is 4.90 Å². The van der Waals surface area contributed by atoms with Crippen LogP contribution in [-0.4, -0.2) is 35.6 Å². The van der Waals surface area contributed by atoms with Crippen LogP contribution in [0.4, 0.5) is 0 Å². The molecule has 0 amide bonds. The van der Waals surface area contributed by atoms with Crippen LogP contribution in [0.3, 0.4) is 0 Å². The fourth-order valence-corrected chi connectivity index (χ4v) is 2.18. The quantitative estimate of drug-likeness (QED) is 0.240. The molecule has 88 valence electrons. The summed E-state index contributed by atoms with van der Waals surface area (Å²) in [6, 6.07) is 0. The number of amidine groups is 1. The highest BCUT2D eigenvalue weighted by Gasteiger charge is 2.15. The Bertz CT molecular complexity index is 206. The molecule has 4 nitrogen and oxygen atoms in total. The van der Waals surface area contributed by atoms with Crippen LogP contribution in [-0.2, 0) is 0 Å². The van der Waals surface area contributed by atoms with Gasteiger partial charge in [-0.1, -0.05) is 12.1 Å². The average Bonchev–Trinajstić information content (AvgIpc) is 2.24. The molecular weight excluding hydrogens is 190 g/mol. The number of nitrogens with two attached hydrogens (primary N) is 1. The fourth-order valence-electron chi connectivity index (χ4n) is 2.18. The first-order valence-corrected chi connectivity index (χ1v) is 5.91. The summed E-state index contributed by atoms with van der Waals surface area (Å²) in [6.07, 6.45) is 5.58. The van der Waals surface area contributed by atoms with Gasteiger partial charge in [-0.25, -0.2) is 0 Å². The molecule has 0 spiro atoms. The summed E-state index contributed by atoms with van der Waals surface area (Å²) < 4.78 is 0. The number of nitrogens with zero attached hydrogens (tertiary/aromatic N) is 2. The van der Waals surface area contributed by atoms with E-state index in [2.05, 4.69) is 17.0 Å². The number of hydrogen-bond acceptors (Lipinski definition) is 3. The van der Waals surface area contributed by atoms with Crippen molar-refractivity contribution in [3.8, 4) is 0 Å². The monoisotopic (exact) mass is 213 g/mol. The SMILES string of the molecule is CC1CCCN(CCCCC(N)=NO)C1. The Balaban J connectivity index is 2.04. The zero-order valence-electron chi connectivity index (χ0n) is 9.65. The molecule has 0 aromatic rings. The smallest absolute Gasteiger partial charge is 0.139 e. The molecule has 0 bridgehead atoms. The summed E-state index contributed by atoms with van der Waals surface area (Å²) in [5.74, 6) is 1.20. The number of likely N-dealkylation sites (tertiary alicyclic amines) is 1. The number of piperidine rings is 1. The molecule has 1 rings (SSSR count). The van der Waals surface area contributed by atoms with Gasteiger partial charge in [0.05, 0.1) is 0 Å². The summed E-state index contributed by atoms with van der Waals surface area (Å²) in [4.78, 5) is 2.53. The molecule has 0 aromatic carbocycles. The highest BCUT2D eigenvalue weighted by molar-refractivity contribution is 5.79. The lowest BCUT2D eigenvalue weighted by Gasteiger charge is -2.30. The van der Waals surface area contributed by atoms with Crippen molar-refractivity contribution in [2.75, 3.05) is 19.6 Å². The van der Waals surface area contributed by atoms with Crippen molar-refractivity contribution in [2.45, 2.75) is 39.0 Å². The third-order valence-electron chi connectivity index (χ3n) is 3.03. The molecular formula is C11H23N3O. The summed E-state index contributed by atoms with van der Waals surface area (Å²) in [5.41, 5.74) is 5.40. The molecule has 1 saturated heterocycles. The Morgan fingerprint density at radius 3 is 3.00 bits per heavy atom. The summed E-state index contributed by atoms with van der Waals surface area (Å²) in [7, 11) is 0. The van der Waals surface area contributed by atoms with Crippen LogP contribution >= 0.6 is 0 Å². The average molecular weight is 213 g/mol. The molecule has 0 radical (unpaired) electrons. The summed E-state index contributed by atoms with van der Waals surface area (Å²) in [6.45, 7) is 5.96. The molecule has 1 unspecified atom stereocenters. The number of rotatable bonds is 5. The minimum atomic E-state index is 0.349. The van der Waals surface area contributed by atoms with E-state index in [4.69, 9.17) is 10.9 Å². The second-order valence-electron chi connectivity index (χ2n) is 4.60. The second kappa shape index (κ2) is 6.67. The standard InChI is InChI=1S/C11H23N3O/c1-10-5-4-8-14(9-10)7-3-2-6-11(12)13-15/h10,15H,2-9H2,1H3,(H2,12,13). The van der Waals surface area contributed by atoms with Crippen LogP contribution in [0.2, 0.25) is 0 Å². The van der Waals surface area contributed by atoms with Gasteiger partial charge >= 0.3 is 0 Å².